The van der Waals surface area contributed by atoms with E-state index < -0.39 is 7.92 Å². The summed E-state index contributed by atoms with van der Waals surface area (Å²) < 4.78 is 6.23. The number of ether oxygens (including phenoxy) is 1. The van der Waals surface area contributed by atoms with E-state index in [1.54, 1.807) is 0 Å². The monoisotopic (exact) mass is 421 g/mol. The third kappa shape index (κ3) is 3.92. The third-order valence-electron chi connectivity index (χ3n) is 5.64. The Kier molecular flexibility index (Phi) is 5.40. The Labute approximate surface area is 185 Å². The molecule has 0 N–H and O–H groups in total. The predicted octanol–water partition coefficient (Wildman–Crippen LogP) is 5.14. The maximum atomic E-state index is 6.23. The first-order valence-corrected chi connectivity index (χ1v) is 11.9. The van der Waals surface area contributed by atoms with Gasteiger partial charge in [-0.25, -0.2) is 4.99 Å². The first-order valence-electron chi connectivity index (χ1n) is 10.5. The van der Waals surface area contributed by atoms with Crippen LogP contribution in [0.25, 0.3) is 0 Å². The van der Waals surface area contributed by atoms with Crippen LogP contribution in [0.1, 0.15) is 18.1 Å². The van der Waals surface area contributed by atoms with E-state index >= 15 is 0 Å². The highest BCUT2D eigenvalue weighted by atomic mass is 31.1. The lowest BCUT2D eigenvalue weighted by atomic mass is 9.94. The van der Waals surface area contributed by atoms with Crippen molar-refractivity contribution in [1.82, 2.24) is 0 Å². The molecule has 0 aliphatic carbocycles. The quantitative estimate of drug-likeness (QED) is 0.409. The van der Waals surface area contributed by atoms with Gasteiger partial charge in [0.05, 0.1) is 0 Å². The first kappa shape index (κ1) is 19.7. The fourth-order valence-corrected chi connectivity index (χ4v) is 6.45. The summed E-state index contributed by atoms with van der Waals surface area (Å²) in [6.07, 6.45) is 0. The molecule has 1 atom stereocenters. The Morgan fingerprint density at radius 1 is 0.677 bits per heavy atom. The van der Waals surface area contributed by atoms with E-state index in [1.165, 1.54) is 21.5 Å². The third-order valence-corrected chi connectivity index (χ3v) is 8.14. The summed E-state index contributed by atoms with van der Waals surface area (Å²) in [7, 11) is -0.729. The minimum Gasteiger partial charge on any atom is -0.474 e. The zero-order valence-corrected chi connectivity index (χ0v) is 18.4. The Hall–Kier alpha value is -3.22. The molecule has 31 heavy (non-hydrogen) atoms. The Morgan fingerprint density at radius 2 is 1.19 bits per heavy atom. The molecule has 0 spiro atoms. The minimum atomic E-state index is -0.729. The number of hydrogen-bond acceptors (Lipinski definition) is 2. The van der Waals surface area contributed by atoms with Gasteiger partial charge in [0.2, 0.25) is 5.90 Å². The molecular weight excluding hydrogens is 397 g/mol. The molecule has 1 aliphatic rings. The summed E-state index contributed by atoms with van der Waals surface area (Å²) in [4.78, 5) is 5.10. The van der Waals surface area contributed by atoms with Crippen molar-refractivity contribution >= 4 is 29.7 Å². The van der Waals surface area contributed by atoms with Gasteiger partial charge in [0.25, 0.3) is 0 Å². The molecule has 5 rings (SSSR count). The number of nitrogens with zero attached hydrogens (tertiary/aromatic N) is 1. The van der Waals surface area contributed by atoms with Gasteiger partial charge in [-0.15, -0.1) is 0 Å². The summed E-state index contributed by atoms with van der Waals surface area (Å²) in [6, 6.07) is 40.5. The second-order valence-electron chi connectivity index (χ2n) is 7.87. The topological polar surface area (TPSA) is 21.6 Å². The van der Waals surface area contributed by atoms with Crippen LogP contribution < -0.4 is 15.9 Å². The lowest BCUT2D eigenvalue weighted by Crippen LogP contribution is -2.25. The van der Waals surface area contributed by atoms with Crippen molar-refractivity contribution in [2.75, 3.05) is 6.61 Å². The summed E-state index contributed by atoms with van der Waals surface area (Å²) in [5.41, 5.74) is 1.89. The molecule has 4 aromatic rings. The molecular formula is C28H24NOP. The standard InChI is InChI=1S/C28H24NOP/c1-28(22-13-5-2-6-14-22)21-30-27(29-28)25-19-11-12-20-26(25)31(23-15-7-3-8-16-23)24-17-9-4-10-18-24/h2-20H,21H2,1H3. The van der Waals surface area contributed by atoms with Crippen molar-refractivity contribution in [3.63, 3.8) is 0 Å². The van der Waals surface area contributed by atoms with Gasteiger partial charge < -0.3 is 4.74 Å². The van der Waals surface area contributed by atoms with Crippen molar-refractivity contribution in [2.24, 2.45) is 4.99 Å². The van der Waals surface area contributed by atoms with Gasteiger partial charge in [-0.1, -0.05) is 109 Å². The molecule has 2 nitrogen and oxygen atoms in total. The van der Waals surface area contributed by atoms with Crippen molar-refractivity contribution in [2.45, 2.75) is 12.5 Å². The second kappa shape index (κ2) is 8.49. The van der Waals surface area contributed by atoms with Crippen LogP contribution in [0.5, 0.6) is 0 Å². The van der Waals surface area contributed by atoms with Crippen molar-refractivity contribution in [1.29, 1.82) is 0 Å². The van der Waals surface area contributed by atoms with Crippen molar-refractivity contribution in [3.8, 4) is 0 Å². The van der Waals surface area contributed by atoms with Crippen LogP contribution in [0.2, 0.25) is 0 Å². The van der Waals surface area contributed by atoms with E-state index in [1.807, 2.05) is 6.07 Å². The molecule has 0 saturated heterocycles. The van der Waals surface area contributed by atoms with E-state index in [-0.39, 0.29) is 5.54 Å². The van der Waals surface area contributed by atoms with Gasteiger partial charge in [-0.3, -0.25) is 0 Å². The van der Waals surface area contributed by atoms with Crippen LogP contribution in [-0.2, 0) is 10.3 Å². The minimum absolute atomic E-state index is 0.369. The van der Waals surface area contributed by atoms with Gasteiger partial charge in [0.1, 0.15) is 12.1 Å². The zero-order chi connectivity index (χ0) is 21.1. The second-order valence-corrected chi connectivity index (χ2v) is 10.1. The Morgan fingerprint density at radius 3 is 1.81 bits per heavy atom. The molecule has 1 unspecified atom stereocenters. The van der Waals surface area contributed by atoms with Crippen LogP contribution in [0.3, 0.4) is 0 Å². The summed E-state index contributed by atoms with van der Waals surface area (Å²) in [5.74, 6) is 0.737. The summed E-state index contributed by atoms with van der Waals surface area (Å²) >= 11 is 0. The van der Waals surface area contributed by atoms with Gasteiger partial charge in [-0.05, 0) is 42.4 Å². The molecule has 0 saturated carbocycles. The maximum Gasteiger partial charge on any atom is 0.217 e. The zero-order valence-electron chi connectivity index (χ0n) is 17.5. The highest BCUT2D eigenvalue weighted by molar-refractivity contribution is 7.80. The van der Waals surface area contributed by atoms with E-state index in [4.69, 9.17) is 9.73 Å². The molecule has 1 heterocycles. The highest BCUT2D eigenvalue weighted by Crippen LogP contribution is 2.36. The Balaban J connectivity index is 1.63. The fraction of sp³-hybridized carbons (Fsp3) is 0.107. The molecule has 4 aromatic carbocycles. The van der Waals surface area contributed by atoms with Crippen LogP contribution in [-0.4, -0.2) is 12.5 Å². The van der Waals surface area contributed by atoms with Crippen LogP contribution >= 0.6 is 7.92 Å². The molecule has 1 aliphatic heterocycles. The fourth-order valence-electron chi connectivity index (χ4n) is 4.01. The molecule has 152 valence electrons. The number of benzene rings is 4. The first-order chi connectivity index (χ1) is 15.2. The average molecular weight is 421 g/mol. The SMILES string of the molecule is CC1(c2ccccc2)COC(c2ccccc2P(c2ccccc2)c2ccccc2)=N1. The molecule has 0 amide bonds. The molecule has 0 bridgehead atoms. The highest BCUT2D eigenvalue weighted by Gasteiger charge is 2.35. The summed E-state index contributed by atoms with van der Waals surface area (Å²) in [5, 5.41) is 3.91. The van der Waals surface area contributed by atoms with Crippen molar-refractivity contribution in [3.05, 3.63) is 126 Å². The predicted molar refractivity (Wildman–Crippen MR) is 131 cm³/mol. The number of hydrogen-bond donors (Lipinski definition) is 0. The van der Waals surface area contributed by atoms with Crippen molar-refractivity contribution < 1.29 is 4.74 Å². The summed E-state index contributed by atoms with van der Waals surface area (Å²) in [6.45, 7) is 2.70. The smallest absolute Gasteiger partial charge is 0.217 e. The van der Waals surface area contributed by atoms with Gasteiger partial charge in [-0.2, -0.15) is 0 Å². The van der Waals surface area contributed by atoms with Gasteiger partial charge >= 0.3 is 0 Å². The molecule has 0 radical (unpaired) electrons. The number of aliphatic imine (C=N–C) groups is 1. The molecule has 3 heteroatoms. The van der Waals surface area contributed by atoms with E-state index in [0.717, 1.165) is 11.5 Å². The van der Waals surface area contributed by atoms with E-state index in [2.05, 4.69) is 116 Å². The van der Waals surface area contributed by atoms with E-state index in [0.29, 0.717) is 6.61 Å². The largest absolute Gasteiger partial charge is 0.474 e. The average Bonchev–Trinajstić information content (AvgIpc) is 3.25. The lowest BCUT2D eigenvalue weighted by Gasteiger charge is -2.22. The van der Waals surface area contributed by atoms with Gasteiger partial charge in [0, 0.05) is 5.56 Å². The lowest BCUT2D eigenvalue weighted by molar-refractivity contribution is 0.270. The van der Waals surface area contributed by atoms with Crippen LogP contribution in [0.4, 0.5) is 0 Å². The van der Waals surface area contributed by atoms with Gasteiger partial charge in [0.15, 0.2) is 0 Å². The molecule has 0 aromatic heterocycles. The number of rotatable bonds is 5. The molecule has 0 fully saturated rings. The van der Waals surface area contributed by atoms with Crippen LogP contribution in [0, 0.1) is 0 Å². The Bertz CT molecular complexity index is 1150. The normalized spacial score (nSPS) is 17.9. The maximum absolute atomic E-state index is 6.23. The van der Waals surface area contributed by atoms with E-state index in [9.17, 15) is 0 Å². The van der Waals surface area contributed by atoms with Crippen LogP contribution in [0.15, 0.2) is 120 Å².